The molecule has 46 heavy (non-hydrogen) atoms. The van der Waals surface area contributed by atoms with Gasteiger partial charge in [-0.3, -0.25) is 20.1 Å². The molecule has 4 aromatic rings. The lowest BCUT2D eigenvalue weighted by Crippen LogP contribution is -2.28. The van der Waals surface area contributed by atoms with E-state index in [0.717, 1.165) is 12.1 Å². The number of nitrogens with zero attached hydrogens (tertiary/aromatic N) is 3. The molecule has 3 heterocycles. The normalized spacial score (nSPS) is 15.0. The van der Waals surface area contributed by atoms with Gasteiger partial charge in [-0.1, -0.05) is 23.7 Å². The first kappa shape index (κ1) is 32.7. The van der Waals surface area contributed by atoms with Gasteiger partial charge in [-0.15, -0.1) is 0 Å². The number of hydrogen-bond acceptors (Lipinski definition) is 10. The zero-order valence-corrected chi connectivity index (χ0v) is 26.3. The molecule has 1 aliphatic heterocycles. The average Bonchev–Trinajstić information content (AvgIpc) is 3.57. The molecule has 2 atom stereocenters. The fraction of sp³-hybridized carbons (Fsp3) is 0.294. The Hall–Kier alpha value is -4.73. The van der Waals surface area contributed by atoms with Crippen LogP contribution in [0, 0.1) is 11.3 Å². The molecule has 0 radical (unpaired) electrons. The Bertz CT molecular complexity index is 1720. The zero-order chi connectivity index (χ0) is 32.3. The Kier molecular flexibility index (Phi) is 11.4. The molecular formula is C34H35ClN6O5. The number of ether oxygens (including phenoxy) is 4. The molecule has 0 bridgehead atoms. The SMILES string of the molecule is CCOC(C)NC/C=C/C(=O)Nc1cc2c(Nc3ccc(OCc4ccccn4)c(Cl)c3)c(C#N)cnc2cc1OC1CCOC1. The van der Waals surface area contributed by atoms with Crippen molar-refractivity contribution in [3.05, 3.63) is 89.4 Å². The minimum atomic E-state index is -0.343. The zero-order valence-electron chi connectivity index (χ0n) is 25.6. The summed E-state index contributed by atoms with van der Waals surface area (Å²) in [5.41, 5.74) is 3.22. The van der Waals surface area contributed by atoms with Crippen molar-refractivity contribution in [2.24, 2.45) is 0 Å². The van der Waals surface area contributed by atoms with Crippen molar-refractivity contribution in [2.75, 3.05) is 37.0 Å². The summed E-state index contributed by atoms with van der Waals surface area (Å²) in [6, 6.07) is 16.6. The molecule has 238 valence electrons. The number of anilines is 3. The first-order chi connectivity index (χ1) is 22.4. The van der Waals surface area contributed by atoms with Gasteiger partial charge in [0.25, 0.3) is 0 Å². The molecule has 12 heteroatoms. The van der Waals surface area contributed by atoms with E-state index in [-0.39, 0.29) is 24.8 Å². The lowest BCUT2D eigenvalue weighted by atomic mass is 10.1. The summed E-state index contributed by atoms with van der Waals surface area (Å²) in [5, 5.41) is 20.4. The van der Waals surface area contributed by atoms with Gasteiger partial charge in [0.15, 0.2) is 0 Å². The summed E-state index contributed by atoms with van der Waals surface area (Å²) in [7, 11) is 0. The van der Waals surface area contributed by atoms with Crippen LogP contribution in [0.25, 0.3) is 10.9 Å². The average molecular weight is 643 g/mol. The van der Waals surface area contributed by atoms with E-state index in [1.807, 2.05) is 32.0 Å². The number of aromatic nitrogens is 2. The summed E-state index contributed by atoms with van der Waals surface area (Å²) >= 11 is 6.57. The number of amides is 1. The van der Waals surface area contributed by atoms with Crippen LogP contribution in [-0.2, 0) is 20.9 Å². The van der Waals surface area contributed by atoms with Crippen molar-refractivity contribution in [1.82, 2.24) is 15.3 Å². The highest BCUT2D eigenvalue weighted by atomic mass is 35.5. The number of carbonyl (C=O) groups is 1. The Balaban J connectivity index is 1.41. The third-order valence-corrected chi connectivity index (χ3v) is 7.34. The highest BCUT2D eigenvalue weighted by Gasteiger charge is 2.21. The Morgan fingerprint density at radius 3 is 2.85 bits per heavy atom. The van der Waals surface area contributed by atoms with E-state index >= 15 is 0 Å². The molecule has 2 aromatic heterocycles. The van der Waals surface area contributed by atoms with E-state index in [1.54, 1.807) is 42.6 Å². The number of nitriles is 1. The number of hydrogen-bond donors (Lipinski definition) is 3. The van der Waals surface area contributed by atoms with Gasteiger partial charge in [-0.25, -0.2) is 0 Å². The second-order valence-corrected chi connectivity index (χ2v) is 10.8. The van der Waals surface area contributed by atoms with Crippen molar-refractivity contribution in [1.29, 1.82) is 5.26 Å². The van der Waals surface area contributed by atoms with Crippen molar-refractivity contribution < 1.29 is 23.7 Å². The molecule has 2 aromatic carbocycles. The van der Waals surface area contributed by atoms with Crippen LogP contribution in [0.1, 0.15) is 31.5 Å². The number of nitrogens with one attached hydrogen (secondary N) is 3. The molecule has 1 aliphatic rings. The number of fused-ring (bicyclic) bond motifs is 1. The van der Waals surface area contributed by atoms with Gasteiger partial charge in [0, 0.05) is 55.2 Å². The van der Waals surface area contributed by atoms with E-state index in [2.05, 4.69) is 32.0 Å². The molecule has 11 nitrogen and oxygen atoms in total. The van der Waals surface area contributed by atoms with Gasteiger partial charge >= 0.3 is 0 Å². The molecule has 0 spiro atoms. The van der Waals surface area contributed by atoms with E-state index in [1.165, 1.54) is 12.3 Å². The highest BCUT2D eigenvalue weighted by Crippen LogP contribution is 2.38. The van der Waals surface area contributed by atoms with Crippen LogP contribution in [0.15, 0.2) is 73.1 Å². The third kappa shape index (κ3) is 8.71. The Morgan fingerprint density at radius 1 is 1.22 bits per heavy atom. The van der Waals surface area contributed by atoms with Gasteiger partial charge in [-0.05, 0) is 50.2 Å². The predicted molar refractivity (Wildman–Crippen MR) is 176 cm³/mol. The van der Waals surface area contributed by atoms with E-state index in [9.17, 15) is 10.1 Å². The second-order valence-electron chi connectivity index (χ2n) is 10.4. The third-order valence-electron chi connectivity index (χ3n) is 7.04. The van der Waals surface area contributed by atoms with Crippen LogP contribution in [-0.4, -0.2) is 54.6 Å². The van der Waals surface area contributed by atoms with Crippen LogP contribution < -0.4 is 25.4 Å². The molecule has 1 saturated heterocycles. The summed E-state index contributed by atoms with van der Waals surface area (Å²) in [5.74, 6) is 0.606. The number of carbonyl (C=O) groups excluding carboxylic acids is 1. The monoisotopic (exact) mass is 642 g/mol. The smallest absolute Gasteiger partial charge is 0.248 e. The molecule has 0 saturated carbocycles. The highest BCUT2D eigenvalue weighted by molar-refractivity contribution is 6.32. The van der Waals surface area contributed by atoms with E-state index in [4.69, 9.17) is 30.5 Å². The maximum Gasteiger partial charge on any atom is 0.248 e. The van der Waals surface area contributed by atoms with Crippen molar-refractivity contribution in [3.63, 3.8) is 0 Å². The fourth-order valence-corrected chi connectivity index (χ4v) is 5.01. The predicted octanol–water partition coefficient (Wildman–Crippen LogP) is 6.11. The fourth-order valence-electron chi connectivity index (χ4n) is 4.78. The molecule has 2 unspecified atom stereocenters. The summed E-state index contributed by atoms with van der Waals surface area (Å²) in [6.45, 7) is 6.18. The van der Waals surface area contributed by atoms with Crippen LogP contribution in [0.2, 0.25) is 5.02 Å². The number of pyridine rings is 2. The summed E-state index contributed by atoms with van der Waals surface area (Å²) < 4.78 is 23.0. The van der Waals surface area contributed by atoms with Crippen molar-refractivity contribution in [3.8, 4) is 17.6 Å². The molecule has 1 fully saturated rings. The molecule has 5 rings (SSSR count). The maximum absolute atomic E-state index is 13.0. The molecular weight excluding hydrogens is 608 g/mol. The summed E-state index contributed by atoms with van der Waals surface area (Å²) in [6.07, 6.45) is 6.79. The Morgan fingerprint density at radius 2 is 2.11 bits per heavy atom. The van der Waals surface area contributed by atoms with Gasteiger partial charge in [0.2, 0.25) is 5.91 Å². The second kappa shape index (κ2) is 16.0. The van der Waals surface area contributed by atoms with Crippen LogP contribution >= 0.6 is 11.6 Å². The number of halogens is 1. The van der Waals surface area contributed by atoms with Crippen LogP contribution in [0.4, 0.5) is 17.1 Å². The standard InChI is InChI=1S/C34H35ClN6O5/c1-3-44-22(2)37-13-6-8-33(42)41-30-16-27-29(17-32(30)46-26-11-14-43-21-26)39-19-23(18-36)34(27)40-24-9-10-31(28(35)15-24)45-20-25-7-4-5-12-38-25/h4-10,12,15-17,19,22,26,37H,3,11,13-14,20-21H2,1-2H3,(H,39,40)(H,41,42)/b8-6+. The van der Waals surface area contributed by atoms with Gasteiger partial charge < -0.3 is 29.6 Å². The maximum atomic E-state index is 13.0. The minimum absolute atomic E-state index is 0.134. The lowest BCUT2D eigenvalue weighted by Gasteiger charge is -2.19. The van der Waals surface area contributed by atoms with Crippen molar-refractivity contribution in [2.45, 2.75) is 39.2 Å². The van der Waals surface area contributed by atoms with Gasteiger partial charge in [0.1, 0.15) is 36.5 Å². The number of benzene rings is 2. The van der Waals surface area contributed by atoms with E-state index < -0.39 is 0 Å². The minimum Gasteiger partial charge on any atom is -0.486 e. The Labute approximate surface area is 272 Å². The van der Waals surface area contributed by atoms with Crippen LogP contribution in [0.3, 0.4) is 0 Å². The largest absolute Gasteiger partial charge is 0.486 e. The number of rotatable bonds is 14. The van der Waals surface area contributed by atoms with Crippen LogP contribution in [0.5, 0.6) is 11.5 Å². The van der Waals surface area contributed by atoms with Crippen molar-refractivity contribution >= 4 is 45.5 Å². The quantitative estimate of drug-likeness (QED) is 0.109. The molecule has 1 amide bonds. The first-order valence-corrected chi connectivity index (χ1v) is 15.3. The van der Waals surface area contributed by atoms with Gasteiger partial charge in [-0.2, -0.15) is 5.26 Å². The topological polar surface area (TPSA) is 140 Å². The first-order valence-electron chi connectivity index (χ1n) is 15.0. The van der Waals surface area contributed by atoms with E-state index in [0.29, 0.717) is 76.4 Å². The summed E-state index contributed by atoms with van der Waals surface area (Å²) in [4.78, 5) is 21.7. The molecule has 0 aliphatic carbocycles. The lowest BCUT2D eigenvalue weighted by molar-refractivity contribution is -0.111. The molecule has 3 N–H and O–H groups in total. The van der Waals surface area contributed by atoms with Gasteiger partial charge in [0.05, 0.1) is 46.4 Å².